The SMILES string of the molecule is CCc1sc2c(c1C(N)=O)CCCC2. The van der Waals surface area contributed by atoms with E-state index in [1.165, 1.54) is 28.2 Å². The largest absolute Gasteiger partial charge is 0.366 e. The molecule has 0 bridgehead atoms. The van der Waals surface area contributed by atoms with Crippen LogP contribution < -0.4 is 5.73 Å². The molecule has 1 aromatic heterocycles. The minimum absolute atomic E-state index is 0.235. The van der Waals surface area contributed by atoms with Gasteiger partial charge in [0.25, 0.3) is 0 Å². The highest BCUT2D eigenvalue weighted by molar-refractivity contribution is 7.12. The van der Waals surface area contributed by atoms with E-state index in [9.17, 15) is 4.79 Å². The number of aryl methyl sites for hydroxylation is 2. The second-order valence-corrected chi connectivity index (χ2v) is 4.92. The Bertz CT molecular complexity index is 368. The number of fused-ring (bicyclic) bond motifs is 1. The van der Waals surface area contributed by atoms with Crippen LogP contribution in [0, 0.1) is 0 Å². The smallest absolute Gasteiger partial charge is 0.250 e. The Kier molecular flexibility index (Phi) is 2.59. The molecule has 1 amide bonds. The third-order valence-electron chi connectivity index (χ3n) is 2.81. The van der Waals surface area contributed by atoms with Crippen LogP contribution in [0.1, 0.15) is 45.4 Å². The normalized spacial score (nSPS) is 15.2. The Labute approximate surface area is 88.1 Å². The van der Waals surface area contributed by atoms with Gasteiger partial charge in [-0.25, -0.2) is 0 Å². The number of amides is 1. The van der Waals surface area contributed by atoms with Crippen molar-refractivity contribution in [2.75, 3.05) is 0 Å². The van der Waals surface area contributed by atoms with Crippen LogP contribution in [0.3, 0.4) is 0 Å². The van der Waals surface area contributed by atoms with E-state index in [2.05, 4.69) is 6.92 Å². The van der Waals surface area contributed by atoms with E-state index >= 15 is 0 Å². The van der Waals surface area contributed by atoms with Gasteiger partial charge in [-0.2, -0.15) is 0 Å². The lowest BCUT2D eigenvalue weighted by Gasteiger charge is -2.11. The fourth-order valence-electron chi connectivity index (χ4n) is 2.16. The quantitative estimate of drug-likeness (QED) is 0.798. The fraction of sp³-hybridized carbons (Fsp3) is 0.545. The third-order valence-corrected chi connectivity index (χ3v) is 4.25. The predicted octanol–water partition coefficient (Wildman–Crippen LogP) is 2.29. The van der Waals surface area contributed by atoms with Gasteiger partial charge in [-0.3, -0.25) is 4.79 Å². The molecule has 14 heavy (non-hydrogen) atoms. The van der Waals surface area contributed by atoms with Crippen molar-refractivity contribution in [1.29, 1.82) is 0 Å². The molecule has 1 aromatic rings. The van der Waals surface area contributed by atoms with E-state index in [0.29, 0.717) is 0 Å². The molecule has 0 spiro atoms. The van der Waals surface area contributed by atoms with Crippen LogP contribution in [0.25, 0.3) is 0 Å². The van der Waals surface area contributed by atoms with Gasteiger partial charge in [0.05, 0.1) is 5.56 Å². The van der Waals surface area contributed by atoms with Crippen molar-refractivity contribution in [2.45, 2.75) is 39.0 Å². The maximum absolute atomic E-state index is 11.3. The topological polar surface area (TPSA) is 43.1 Å². The predicted molar refractivity (Wildman–Crippen MR) is 58.9 cm³/mol. The monoisotopic (exact) mass is 209 g/mol. The first-order valence-corrected chi connectivity index (χ1v) is 5.99. The Hall–Kier alpha value is -0.830. The van der Waals surface area contributed by atoms with Crippen LogP contribution >= 0.6 is 11.3 Å². The number of nitrogens with two attached hydrogens (primary N) is 1. The number of carbonyl (C=O) groups excluding carboxylic acids is 1. The van der Waals surface area contributed by atoms with Gasteiger partial charge in [0.15, 0.2) is 0 Å². The average Bonchev–Trinajstić information content (AvgIpc) is 2.55. The Morgan fingerprint density at radius 2 is 2.14 bits per heavy atom. The third kappa shape index (κ3) is 1.46. The molecule has 0 saturated carbocycles. The van der Waals surface area contributed by atoms with Crippen molar-refractivity contribution in [2.24, 2.45) is 5.73 Å². The second-order valence-electron chi connectivity index (χ2n) is 3.73. The highest BCUT2D eigenvalue weighted by atomic mass is 32.1. The fourth-order valence-corrected chi connectivity index (χ4v) is 3.50. The molecule has 3 heteroatoms. The van der Waals surface area contributed by atoms with Gasteiger partial charge in [0.2, 0.25) is 5.91 Å². The van der Waals surface area contributed by atoms with E-state index in [1.807, 2.05) is 0 Å². The first kappa shape index (κ1) is 9.71. The van der Waals surface area contributed by atoms with Gasteiger partial charge < -0.3 is 5.73 Å². The summed E-state index contributed by atoms with van der Waals surface area (Å²) in [5.41, 5.74) is 7.52. The highest BCUT2D eigenvalue weighted by Crippen LogP contribution is 2.34. The van der Waals surface area contributed by atoms with E-state index in [0.717, 1.165) is 24.8 Å². The van der Waals surface area contributed by atoms with Crippen molar-refractivity contribution in [3.05, 3.63) is 20.9 Å². The number of rotatable bonds is 2. The molecule has 2 nitrogen and oxygen atoms in total. The van der Waals surface area contributed by atoms with Crippen LogP contribution in [0.4, 0.5) is 0 Å². The lowest BCUT2D eigenvalue weighted by atomic mass is 9.94. The summed E-state index contributed by atoms with van der Waals surface area (Å²) < 4.78 is 0. The highest BCUT2D eigenvalue weighted by Gasteiger charge is 2.22. The Morgan fingerprint density at radius 3 is 2.79 bits per heavy atom. The van der Waals surface area contributed by atoms with Crippen molar-refractivity contribution < 1.29 is 4.79 Å². The van der Waals surface area contributed by atoms with Crippen molar-refractivity contribution in [3.63, 3.8) is 0 Å². The van der Waals surface area contributed by atoms with Gasteiger partial charge in [-0.15, -0.1) is 11.3 Å². The molecule has 76 valence electrons. The molecule has 2 N–H and O–H groups in total. The first-order valence-electron chi connectivity index (χ1n) is 5.17. The molecule has 1 aliphatic rings. The maximum Gasteiger partial charge on any atom is 0.250 e. The number of hydrogen-bond donors (Lipinski definition) is 1. The minimum atomic E-state index is -0.235. The number of carbonyl (C=O) groups is 1. The molecule has 0 radical (unpaired) electrons. The van der Waals surface area contributed by atoms with Crippen LogP contribution in [-0.4, -0.2) is 5.91 Å². The molecular formula is C11H15NOS. The average molecular weight is 209 g/mol. The molecular weight excluding hydrogens is 194 g/mol. The van der Waals surface area contributed by atoms with E-state index < -0.39 is 0 Å². The van der Waals surface area contributed by atoms with Gasteiger partial charge in [0, 0.05) is 9.75 Å². The first-order chi connectivity index (χ1) is 6.74. The second kappa shape index (κ2) is 3.73. The van der Waals surface area contributed by atoms with Gasteiger partial charge >= 0.3 is 0 Å². The van der Waals surface area contributed by atoms with Gasteiger partial charge in [-0.1, -0.05) is 6.92 Å². The summed E-state index contributed by atoms with van der Waals surface area (Å²) in [5, 5.41) is 0. The summed E-state index contributed by atoms with van der Waals surface area (Å²) in [6.45, 7) is 2.09. The lowest BCUT2D eigenvalue weighted by Crippen LogP contribution is -2.15. The van der Waals surface area contributed by atoms with Gasteiger partial charge in [-0.05, 0) is 37.7 Å². The van der Waals surface area contributed by atoms with Crippen molar-refractivity contribution >= 4 is 17.2 Å². The van der Waals surface area contributed by atoms with Gasteiger partial charge in [0.1, 0.15) is 0 Å². The molecule has 0 aromatic carbocycles. The maximum atomic E-state index is 11.3. The molecule has 0 aliphatic heterocycles. The van der Waals surface area contributed by atoms with Crippen LogP contribution in [0.15, 0.2) is 0 Å². The summed E-state index contributed by atoms with van der Waals surface area (Å²) in [6, 6.07) is 0. The Morgan fingerprint density at radius 1 is 1.43 bits per heavy atom. The molecule has 0 saturated heterocycles. The summed E-state index contributed by atoms with van der Waals surface area (Å²) >= 11 is 1.79. The minimum Gasteiger partial charge on any atom is -0.366 e. The van der Waals surface area contributed by atoms with Crippen molar-refractivity contribution in [3.8, 4) is 0 Å². The zero-order valence-electron chi connectivity index (χ0n) is 8.43. The summed E-state index contributed by atoms with van der Waals surface area (Å²) in [7, 11) is 0. The standard InChI is InChI=1S/C11H15NOS/c1-2-8-10(11(12)13)7-5-3-4-6-9(7)14-8/h2-6H2,1H3,(H2,12,13). The molecule has 1 heterocycles. The summed E-state index contributed by atoms with van der Waals surface area (Å²) in [4.78, 5) is 13.9. The molecule has 0 atom stereocenters. The lowest BCUT2D eigenvalue weighted by molar-refractivity contribution is 0.0999. The summed E-state index contributed by atoms with van der Waals surface area (Å²) in [5.74, 6) is -0.235. The van der Waals surface area contributed by atoms with E-state index in [4.69, 9.17) is 5.73 Å². The molecule has 1 aliphatic carbocycles. The number of hydrogen-bond acceptors (Lipinski definition) is 2. The molecule has 2 rings (SSSR count). The Balaban J connectivity index is 2.53. The number of thiophene rings is 1. The van der Waals surface area contributed by atoms with Crippen LogP contribution in [0.5, 0.6) is 0 Å². The van der Waals surface area contributed by atoms with Crippen LogP contribution in [-0.2, 0) is 19.3 Å². The molecule has 0 fully saturated rings. The van der Waals surface area contributed by atoms with E-state index in [-0.39, 0.29) is 5.91 Å². The molecule has 0 unspecified atom stereocenters. The zero-order valence-corrected chi connectivity index (χ0v) is 9.25. The van der Waals surface area contributed by atoms with E-state index in [1.54, 1.807) is 11.3 Å². The zero-order chi connectivity index (χ0) is 10.1. The summed E-state index contributed by atoms with van der Waals surface area (Å²) in [6.07, 6.45) is 5.57. The van der Waals surface area contributed by atoms with Crippen LogP contribution in [0.2, 0.25) is 0 Å². The van der Waals surface area contributed by atoms with Crippen molar-refractivity contribution in [1.82, 2.24) is 0 Å². The number of primary amides is 1.